The molecule has 9 heteroatoms. The minimum absolute atomic E-state index is 0.107. The molecule has 2 heterocycles. The summed E-state index contributed by atoms with van der Waals surface area (Å²) in [4.78, 5) is 30.1. The molecule has 0 radical (unpaired) electrons. The smallest absolute Gasteiger partial charge is 0.296 e. The summed E-state index contributed by atoms with van der Waals surface area (Å²) in [5.74, 6) is -1.09. The Balaban J connectivity index is 1.65. The Morgan fingerprint density at radius 2 is 2.13 bits per heavy atom. The maximum atomic E-state index is 13.1. The van der Waals surface area contributed by atoms with Crippen LogP contribution in [0.3, 0.4) is 0 Å². The number of nitrogens with zero attached hydrogens (tertiary/aromatic N) is 2. The molecule has 0 saturated heterocycles. The van der Waals surface area contributed by atoms with Crippen LogP contribution in [0.1, 0.15) is 47.6 Å². The van der Waals surface area contributed by atoms with Gasteiger partial charge in [0.05, 0.1) is 13.2 Å². The fourth-order valence-electron chi connectivity index (χ4n) is 4.57. The lowest BCUT2D eigenvalue weighted by Crippen LogP contribution is -2.49. The zero-order chi connectivity index (χ0) is 22.0. The average Bonchev–Trinajstić information content (AvgIpc) is 2.76. The van der Waals surface area contributed by atoms with Crippen molar-refractivity contribution in [1.82, 2.24) is 14.9 Å². The molecule has 8 nitrogen and oxygen atoms in total. The summed E-state index contributed by atoms with van der Waals surface area (Å²) >= 11 is 0. The van der Waals surface area contributed by atoms with E-state index in [4.69, 9.17) is 9.47 Å². The van der Waals surface area contributed by atoms with Crippen molar-refractivity contribution in [3.05, 3.63) is 57.5 Å². The van der Waals surface area contributed by atoms with Crippen molar-refractivity contribution in [2.45, 2.75) is 44.4 Å². The molecule has 166 valence electrons. The quantitative estimate of drug-likeness (QED) is 0.651. The molecule has 2 aliphatic rings. The number of hydrogen-bond acceptors (Lipinski definition) is 6. The Kier molecular flexibility index (Phi) is 6.06. The van der Waals surface area contributed by atoms with Crippen molar-refractivity contribution in [3.8, 4) is 5.75 Å². The fraction of sp³-hybridized carbons (Fsp3) is 0.500. The molecule has 0 spiro atoms. The Bertz CT molecular complexity index is 1020. The maximum absolute atomic E-state index is 13.1. The molecule has 2 atom stereocenters. The summed E-state index contributed by atoms with van der Waals surface area (Å²) in [7, 11) is 1.59. The van der Waals surface area contributed by atoms with Crippen LogP contribution in [0.15, 0.2) is 29.1 Å². The van der Waals surface area contributed by atoms with Gasteiger partial charge in [-0.25, -0.2) is 9.37 Å². The molecule has 31 heavy (non-hydrogen) atoms. The van der Waals surface area contributed by atoms with E-state index in [2.05, 4.69) is 10.3 Å². The van der Waals surface area contributed by atoms with E-state index < -0.39 is 22.8 Å². The van der Waals surface area contributed by atoms with Crippen LogP contribution in [-0.4, -0.2) is 40.9 Å². The predicted molar refractivity (Wildman–Crippen MR) is 109 cm³/mol. The van der Waals surface area contributed by atoms with Crippen molar-refractivity contribution >= 4 is 5.91 Å². The maximum Gasteiger partial charge on any atom is 0.296 e. The summed E-state index contributed by atoms with van der Waals surface area (Å²) in [5, 5.41) is 13.1. The number of carbonyl (C=O) groups excluding carboxylic acids is 1. The lowest BCUT2D eigenvalue weighted by Gasteiger charge is -2.45. The molecule has 2 unspecified atom stereocenters. The first-order valence-corrected chi connectivity index (χ1v) is 10.4. The van der Waals surface area contributed by atoms with Crippen LogP contribution in [0, 0.1) is 11.7 Å². The Hall–Kier alpha value is -2.78. The van der Waals surface area contributed by atoms with Gasteiger partial charge in [-0.05, 0) is 49.3 Å². The average molecular weight is 431 g/mol. The molecule has 1 aromatic heterocycles. The van der Waals surface area contributed by atoms with Crippen LogP contribution >= 0.6 is 0 Å². The fourth-order valence-corrected chi connectivity index (χ4v) is 4.57. The molecule has 1 saturated carbocycles. The van der Waals surface area contributed by atoms with Gasteiger partial charge in [0.2, 0.25) is 5.75 Å². The minimum Gasteiger partial charge on any atom is -0.501 e. The second kappa shape index (κ2) is 8.76. The largest absolute Gasteiger partial charge is 0.501 e. The molecule has 4 rings (SSSR count). The Morgan fingerprint density at radius 1 is 1.35 bits per heavy atom. The van der Waals surface area contributed by atoms with Crippen LogP contribution in [0.5, 0.6) is 5.75 Å². The van der Waals surface area contributed by atoms with E-state index in [1.54, 1.807) is 19.2 Å². The molecule has 2 N–H and O–H groups in total. The third kappa shape index (κ3) is 4.20. The number of rotatable bonds is 7. The van der Waals surface area contributed by atoms with Gasteiger partial charge in [0.15, 0.2) is 5.69 Å². The third-order valence-corrected chi connectivity index (χ3v) is 6.05. The highest BCUT2D eigenvalue weighted by Gasteiger charge is 2.47. The first kappa shape index (κ1) is 21.5. The van der Waals surface area contributed by atoms with Gasteiger partial charge in [0.1, 0.15) is 17.2 Å². The zero-order valence-corrected chi connectivity index (χ0v) is 17.4. The third-order valence-electron chi connectivity index (χ3n) is 6.05. The number of halogens is 1. The molecular formula is C22H26FN3O5. The van der Waals surface area contributed by atoms with Gasteiger partial charge < -0.3 is 19.9 Å². The summed E-state index contributed by atoms with van der Waals surface area (Å²) in [5.41, 5.74) is -1.06. The highest BCUT2D eigenvalue weighted by atomic mass is 19.1. The number of amides is 1. The van der Waals surface area contributed by atoms with E-state index >= 15 is 0 Å². The lowest BCUT2D eigenvalue weighted by atomic mass is 9.74. The number of methoxy groups -OCH3 is 1. The van der Waals surface area contributed by atoms with Gasteiger partial charge in [-0.1, -0.05) is 12.1 Å². The highest BCUT2D eigenvalue weighted by molar-refractivity contribution is 5.94. The van der Waals surface area contributed by atoms with Gasteiger partial charge in [-0.3, -0.25) is 14.2 Å². The van der Waals surface area contributed by atoms with E-state index in [0.29, 0.717) is 44.0 Å². The van der Waals surface area contributed by atoms with E-state index in [1.807, 2.05) is 0 Å². The minimum atomic E-state index is -0.779. The normalized spacial score (nSPS) is 22.1. The SMILES string of the molecule is COCCOC12CCCC(Cn3c1nc(C(=O)NCc1ccc(F)cc1)c(O)c3=O)C2. The molecule has 2 bridgehead atoms. The van der Waals surface area contributed by atoms with Crippen molar-refractivity contribution in [3.63, 3.8) is 0 Å². The van der Waals surface area contributed by atoms with Gasteiger partial charge in [-0.2, -0.15) is 0 Å². The first-order chi connectivity index (χ1) is 14.9. The van der Waals surface area contributed by atoms with E-state index in [-0.39, 0.29) is 24.0 Å². The summed E-state index contributed by atoms with van der Waals surface area (Å²) < 4.78 is 25.8. The number of fused-ring (bicyclic) bond motifs is 4. The highest BCUT2D eigenvalue weighted by Crippen LogP contribution is 2.46. The van der Waals surface area contributed by atoms with Gasteiger partial charge >= 0.3 is 0 Å². The number of aromatic hydroxyl groups is 1. The van der Waals surface area contributed by atoms with Crippen LogP contribution in [0.4, 0.5) is 4.39 Å². The molecular weight excluding hydrogens is 405 g/mol. The van der Waals surface area contributed by atoms with Crippen LogP contribution < -0.4 is 10.9 Å². The monoisotopic (exact) mass is 431 g/mol. The van der Waals surface area contributed by atoms with Crippen molar-refractivity contribution < 1.29 is 23.8 Å². The number of aromatic nitrogens is 2. The first-order valence-electron chi connectivity index (χ1n) is 10.4. The Labute approximate surface area is 179 Å². The molecule has 1 aliphatic heterocycles. The van der Waals surface area contributed by atoms with Crippen molar-refractivity contribution in [2.75, 3.05) is 20.3 Å². The molecule has 1 aliphatic carbocycles. The van der Waals surface area contributed by atoms with E-state index in [0.717, 1.165) is 12.8 Å². The number of hydrogen-bond donors (Lipinski definition) is 2. The second-order valence-corrected chi connectivity index (χ2v) is 8.16. The van der Waals surface area contributed by atoms with E-state index in [9.17, 15) is 19.1 Å². The van der Waals surface area contributed by atoms with Crippen LogP contribution in [-0.2, 0) is 28.2 Å². The topological polar surface area (TPSA) is 103 Å². The standard InChI is InChI=1S/C22H26FN3O5/c1-30-9-10-31-22-8-2-3-15(11-22)13-26-20(29)18(27)17(25-21(22)26)19(28)24-12-14-4-6-16(23)7-5-14/h4-7,15,27H,2-3,8-13H2,1H3,(H,24,28). The van der Waals surface area contributed by atoms with Crippen LogP contribution in [0.25, 0.3) is 0 Å². The molecule has 1 aromatic carbocycles. The summed E-state index contributed by atoms with van der Waals surface area (Å²) in [6, 6.07) is 5.68. The predicted octanol–water partition coefficient (Wildman–Crippen LogP) is 2.08. The van der Waals surface area contributed by atoms with Crippen molar-refractivity contribution in [2.24, 2.45) is 5.92 Å². The molecule has 1 amide bonds. The van der Waals surface area contributed by atoms with Crippen molar-refractivity contribution in [1.29, 1.82) is 0 Å². The second-order valence-electron chi connectivity index (χ2n) is 8.16. The summed E-state index contributed by atoms with van der Waals surface area (Å²) in [6.45, 7) is 1.30. The Morgan fingerprint density at radius 3 is 2.87 bits per heavy atom. The summed E-state index contributed by atoms with van der Waals surface area (Å²) in [6.07, 6.45) is 3.30. The molecule has 2 aromatic rings. The van der Waals surface area contributed by atoms with Crippen LogP contribution in [0.2, 0.25) is 0 Å². The number of carbonyl (C=O) groups is 1. The molecule has 1 fully saturated rings. The zero-order valence-electron chi connectivity index (χ0n) is 17.4. The number of benzene rings is 1. The number of ether oxygens (including phenoxy) is 2. The van der Waals surface area contributed by atoms with Gasteiger partial charge in [0, 0.05) is 20.2 Å². The van der Waals surface area contributed by atoms with Gasteiger partial charge in [-0.15, -0.1) is 0 Å². The van der Waals surface area contributed by atoms with Gasteiger partial charge in [0.25, 0.3) is 11.5 Å². The lowest BCUT2D eigenvalue weighted by molar-refractivity contribution is -0.122. The van der Waals surface area contributed by atoms with E-state index in [1.165, 1.54) is 16.7 Å². The number of nitrogens with one attached hydrogen (secondary N) is 1.